The Labute approximate surface area is 179 Å². The summed E-state index contributed by atoms with van der Waals surface area (Å²) in [5.41, 5.74) is 2.15. The molecule has 0 spiro atoms. The van der Waals surface area contributed by atoms with Gasteiger partial charge in [-0.2, -0.15) is 0 Å². The van der Waals surface area contributed by atoms with Crippen LogP contribution in [0.3, 0.4) is 0 Å². The highest BCUT2D eigenvalue weighted by atomic mass is 79.9. The van der Waals surface area contributed by atoms with Crippen LogP contribution >= 0.6 is 15.9 Å². The van der Waals surface area contributed by atoms with Gasteiger partial charge >= 0.3 is 5.97 Å². The lowest BCUT2D eigenvalue weighted by molar-refractivity contribution is -0.152. The molecule has 0 bridgehead atoms. The van der Waals surface area contributed by atoms with Gasteiger partial charge in [0, 0.05) is 15.7 Å². The second-order valence-electron chi connectivity index (χ2n) is 6.71. The molecule has 0 radical (unpaired) electrons. The fourth-order valence-corrected chi connectivity index (χ4v) is 3.07. The van der Waals surface area contributed by atoms with Gasteiger partial charge in [0.05, 0.1) is 0 Å². The molecule has 0 aromatic heterocycles. The van der Waals surface area contributed by atoms with E-state index in [1.807, 2.05) is 24.3 Å². The lowest BCUT2D eigenvalue weighted by atomic mass is 9.97. The Hall–Kier alpha value is -2.67. The Bertz CT molecular complexity index is 885. The zero-order valence-corrected chi connectivity index (χ0v) is 18.3. The second kappa shape index (κ2) is 10.8. The third-order valence-electron chi connectivity index (χ3n) is 4.52. The Morgan fingerprint density at radius 1 is 1.07 bits per heavy atom. The van der Waals surface area contributed by atoms with E-state index < -0.39 is 23.9 Å². The molecule has 2 rings (SSSR count). The average Bonchev–Trinajstić information content (AvgIpc) is 2.71. The van der Waals surface area contributed by atoms with Crippen molar-refractivity contribution in [1.29, 1.82) is 0 Å². The summed E-state index contributed by atoms with van der Waals surface area (Å²) in [5.74, 6) is -1.22. The van der Waals surface area contributed by atoms with Crippen molar-refractivity contribution in [3.63, 3.8) is 0 Å². The second-order valence-corrected chi connectivity index (χ2v) is 7.63. The highest BCUT2D eigenvalue weighted by Gasteiger charge is 2.20. The van der Waals surface area contributed by atoms with E-state index in [0.29, 0.717) is 11.3 Å². The molecule has 7 heteroatoms. The molecule has 0 aliphatic rings. The molecule has 0 aliphatic carbocycles. The molecular weight excluding hydrogens is 436 g/mol. The minimum atomic E-state index is -0.990. The standard InChI is InChI=1S/C22H25BrN2O4/c1-4-14(2)18-10-5-6-11-19(18)25-21(27)15(3)29-20(26)13-24-22(28)16-8-7-9-17(23)12-16/h5-12,14-15H,4,13H2,1-3H3,(H,24,28)(H,25,27). The molecule has 154 valence electrons. The van der Waals surface area contributed by atoms with Gasteiger partial charge in [-0.1, -0.05) is 54.0 Å². The summed E-state index contributed by atoms with van der Waals surface area (Å²) in [5, 5.41) is 5.30. The number of amides is 2. The topological polar surface area (TPSA) is 84.5 Å². The number of hydrogen-bond acceptors (Lipinski definition) is 4. The molecule has 2 atom stereocenters. The van der Waals surface area contributed by atoms with Gasteiger partial charge in [0.2, 0.25) is 0 Å². The maximum absolute atomic E-state index is 12.4. The highest BCUT2D eigenvalue weighted by molar-refractivity contribution is 9.10. The van der Waals surface area contributed by atoms with Gasteiger partial charge in [-0.25, -0.2) is 0 Å². The summed E-state index contributed by atoms with van der Waals surface area (Å²) in [6.07, 6.45) is -0.0509. The van der Waals surface area contributed by atoms with E-state index in [-0.39, 0.29) is 12.5 Å². The first-order chi connectivity index (χ1) is 13.8. The van der Waals surface area contributed by atoms with Gasteiger partial charge in [0.1, 0.15) is 6.54 Å². The highest BCUT2D eigenvalue weighted by Crippen LogP contribution is 2.26. The van der Waals surface area contributed by atoms with E-state index in [2.05, 4.69) is 40.4 Å². The number of anilines is 1. The third kappa shape index (κ3) is 6.71. The van der Waals surface area contributed by atoms with Crippen LogP contribution in [-0.4, -0.2) is 30.4 Å². The number of rotatable bonds is 8. The minimum absolute atomic E-state index is 0.289. The molecule has 2 unspecified atom stereocenters. The molecule has 6 nitrogen and oxygen atoms in total. The zero-order chi connectivity index (χ0) is 21.4. The van der Waals surface area contributed by atoms with Crippen molar-refractivity contribution in [3.05, 3.63) is 64.1 Å². The molecule has 2 N–H and O–H groups in total. The van der Waals surface area contributed by atoms with Crippen molar-refractivity contribution in [2.24, 2.45) is 0 Å². The Morgan fingerprint density at radius 3 is 2.48 bits per heavy atom. The normalized spacial score (nSPS) is 12.6. The van der Waals surface area contributed by atoms with Crippen molar-refractivity contribution >= 4 is 39.4 Å². The summed E-state index contributed by atoms with van der Waals surface area (Å²) < 4.78 is 5.91. The Morgan fingerprint density at radius 2 is 1.79 bits per heavy atom. The number of ether oxygens (including phenoxy) is 1. The first-order valence-corrected chi connectivity index (χ1v) is 10.2. The number of esters is 1. The lowest BCUT2D eigenvalue weighted by Gasteiger charge is -2.18. The number of benzene rings is 2. The molecule has 0 aliphatic heterocycles. The van der Waals surface area contributed by atoms with E-state index in [0.717, 1.165) is 16.5 Å². The van der Waals surface area contributed by atoms with Crippen LogP contribution in [0.5, 0.6) is 0 Å². The molecule has 0 saturated heterocycles. The van der Waals surface area contributed by atoms with E-state index in [4.69, 9.17) is 4.74 Å². The molecule has 2 aromatic carbocycles. The van der Waals surface area contributed by atoms with Crippen LogP contribution in [0.4, 0.5) is 5.69 Å². The molecule has 0 heterocycles. The maximum atomic E-state index is 12.4. The van der Waals surface area contributed by atoms with Gasteiger partial charge in [0.15, 0.2) is 6.10 Å². The van der Waals surface area contributed by atoms with Crippen LogP contribution < -0.4 is 10.6 Å². The SMILES string of the molecule is CCC(C)c1ccccc1NC(=O)C(C)OC(=O)CNC(=O)c1cccc(Br)c1. The van der Waals surface area contributed by atoms with Crippen LogP contribution in [-0.2, 0) is 14.3 Å². The van der Waals surface area contributed by atoms with Crippen LogP contribution in [0, 0.1) is 0 Å². The molecule has 2 aromatic rings. The number of nitrogens with one attached hydrogen (secondary N) is 2. The monoisotopic (exact) mass is 460 g/mol. The molecular formula is C22H25BrN2O4. The van der Waals surface area contributed by atoms with Crippen molar-refractivity contribution < 1.29 is 19.1 Å². The predicted molar refractivity (Wildman–Crippen MR) is 116 cm³/mol. The molecule has 0 saturated carbocycles. The first kappa shape index (κ1) is 22.6. The smallest absolute Gasteiger partial charge is 0.326 e. The fraction of sp³-hybridized carbons (Fsp3) is 0.318. The van der Waals surface area contributed by atoms with Gasteiger partial charge in [0.25, 0.3) is 11.8 Å². The molecule has 2 amide bonds. The first-order valence-electron chi connectivity index (χ1n) is 9.44. The van der Waals surface area contributed by atoms with Crippen molar-refractivity contribution in [2.75, 3.05) is 11.9 Å². The summed E-state index contributed by atoms with van der Waals surface area (Å²) >= 11 is 3.29. The summed E-state index contributed by atoms with van der Waals surface area (Å²) in [6, 6.07) is 14.4. The summed E-state index contributed by atoms with van der Waals surface area (Å²) in [7, 11) is 0. The lowest BCUT2D eigenvalue weighted by Crippen LogP contribution is -2.36. The number of carbonyl (C=O) groups is 3. The van der Waals surface area contributed by atoms with Crippen molar-refractivity contribution in [1.82, 2.24) is 5.32 Å². The van der Waals surface area contributed by atoms with E-state index in [1.165, 1.54) is 6.92 Å². The van der Waals surface area contributed by atoms with Crippen LogP contribution in [0.25, 0.3) is 0 Å². The number of hydrogen-bond donors (Lipinski definition) is 2. The minimum Gasteiger partial charge on any atom is -0.451 e. The van der Waals surface area contributed by atoms with Crippen molar-refractivity contribution in [3.8, 4) is 0 Å². The summed E-state index contributed by atoms with van der Waals surface area (Å²) in [4.78, 5) is 36.5. The maximum Gasteiger partial charge on any atom is 0.326 e. The number of halogens is 1. The molecule has 0 fully saturated rings. The van der Waals surface area contributed by atoms with Crippen LogP contribution in [0.15, 0.2) is 53.0 Å². The van der Waals surface area contributed by atoms with Crippen molar-refractivity contribution in [2.45, 2.75) is 39.2 Å². The van der Waals surface area contributed by atoms with E-state index in [9.17, 15) is 14.4 Å². The quantitative estimate of drug-likeness (QED) is 0.576. The average molecular weight is 461 g/mol. The fourth-order valence-electron chi connectivity index (χ4n) is 2.67. The summed E-state index contributed by atoms with van der Waals surface area (Å²) in [6.45, 7) is 5.33. The van der Waals surface area contributed by atoms with Crippen LogP contribution in [0.1, 0.15) is 49.0 Å². The number of para-hydroxylation sites is 1. The third-order valence-corrected chi connectivity index (χ3v) is 5.01. The molecule has 29 heavy (non-hydrogen) atoms. The predicted octanol–water partition coefficient (Wildman–Crippen LogP) is 4.26. The Balaban J connectivity index is 1.88. The van der Waals surface area contributed by atoms with E-state index >= 15 is 0 Å². The zero-order valence-electron chi connectivity index (χ0n) is 16.7. The van der Waals surface area contributed by atoms with Gasteiger partial charge in [-0.15, -0.1) is 0 Å². The largest absolute Gasteiger partial charge is 0.451 e. The van der Waals surface area contributed by atoms with Gasteiger partial charge < -0.3 is 15.4 Å². The van der Waals surface area contributed by atoms with Crippen LogP contribution in [0.2, 0.25) is 0 Å². The van der Waals surface area contributed by atoms with Gasteiger partial charge in [-0.3, -0.25) is 14.4 Å². The Kier molecular flexibility index (Phi) is 8.39. The van der Waals surface area contributed by atoms with Gasteiger partial charge in [-0.05, 0) is 49.1 Å². The van der Waals surface area contributed by atoms with E-state index in [1.54, 1.807) is 24.3 Å². The number of carbonyl (C=O) groups excluding carboxylic acids is 3.